The molecule has 1 aromatic rings. The largest absolute Gasteiger partial charge is 0.369 e. The Balaban J connectivity index is 1.79. The van der Waals surface area contributed by atoms with Gasteiger partial charge in [0.25, 0.3) is 0 Å². The Morgan fingerprint density at radius 1 is 1.24 bits per heavy atom. The monoisotopic (exact) mass is 343 g/mol. The second-order valence-corrected chi connectivity index (χ2v) is 6.23. The third kappa shape index (κ3) is 2.29. The van der Waals surface area contributed by atoms with E-state index in [1.54, 1.807) is 0 Å². The predicted octanol–water partition coefficient (Wildman–Crippen LogP) is 2.36. The Morgan fingerprint density at radius 3 is 2.82 bits per heavy atom. The number of fused-ring (bicyclic) bond motifs is 2. The molecule has 2 aliphatic heterocycles. The van der Waals surface area contributed by atoms with Crippen molar-refractivity contribution in [1.82, 2.24) is 9.88 Å². The minimum absolute atomic E-state index is 0.738. The number of likely N-dealkylation sites (N-methyl/N-ethyl adjacent to an activating group) is 1. The van der Waals surface area contributed by atoms with Gasteiger partial charge in [-0.1, -0.05) is 0 Å². The van der Waals surface area contributed by atoms with Gasteiger partial charge in [0.15, 0.2) is 0 Å². The Morgan fingerprint density at radius 2 is 2.06 bits per heavy atom. The summed E-state index contributed by atoms with van der Waals surface area (Å²) >= 11 is 2.26. The molecule has 1 aromatic heterocycles. The minimum atomic E-state index is 0.738. The maximum atomic E-state index is 4.40. The van der Waals surface area contributed by atoms with Crippen LogP contribution in [0.5, 0.6) is 0 Å². The molecule has 3 nitrogen and oxygen atoms in total. The number of halogens is 1. The first-order valence-electron chi connectivity index (χ1n) is 6.32. The van der Waals surface area contributed by atoms with E-state index in [9.17, 15) is 0 Å². The van der Waals surface area contributed by atoms with E-state index < -0.39 is 0 Å². The number of anilines is 1. The molecule has 2 saturated heterocycles. The van der Waals surface area contributed by atoms with E-state index >= 15 is 0 Å². The average molecular weight is 343 g/mol. The zero-order chi connectivity index (χ0) is 11.8. The maximum absolute atomic E-state index is 4.40. The van der Waals surface area contributed by atoms with Crippen molar-refractivity contribution in [2.45, 2.75) is 31.3 Å². The lowest BCUT2D eigenvalue weighted by Crippen LogP contribution is -2.36. The highest BCUT2D eigenvalue weighted by Crippen LogP contribution is 2.30. The molecule has 2 unspecified atom stereocenters. The number of rotatable bonds is 1. The first-order valence-corrected chi connectivity index (χ1v) is 7.40. The molecule has 17 heavy (non-hydrogen) atoms. The SMILES string of the molecule is CN1C2CCC1CN(c1ccc(I)nc1)CC2. The van der Waals surface area contributed by atoms with Crippen molar-refractivity contribution in [3.05, 3.63) is 22.0 Å². The lowest BCUT2D eigenvalue weighted by molar-refractivity contribution is 0.254. The van der Waals surface area contributed by atoms with Gasteiger partial charge < -0.3 is 4.90 Å². The van der Waals surface area contributed by atoms with Crippen molar-refractivity contribution in [1.29, 1.82) is 0 Å². The molecule has 3 rings (SSSR count). The van der Waals surface area contributed by atoms with Crippen LogP contribution in [0.15, 0.2) is 18.3 Å². The minimum Gasteiger partial charge on any atom is -0.369 e. The molecule has 0 radical (unpaired) electrons. The number of hydrogen-bond donors (Lipinski definition) is 0. The first-order chi connectivity index (χ1) is 8.24. The Kier molecular flexibility index (Phi) is 3.25. The van der Waals surface area contributed by atoms with Crippen LogP contribution in [0.25, 0.3) is 0 Å². The normalized spacial score (nSPS) is 29.4. The van der Waals surface area contributed by atoms with Crippen LogP contribution in [0.3, 0.4) is 0 Å². The van der Waals surface area contributed by atoms with E-state index in [2.05, 4.69) is 56.6 Å². The molecule has 2 bridgehead atoms. The van der Waals surface area contributed by atoms with Crippen LogP contribution >= 0.6 is 22.6 Å². The second kappa shape index (κ2) is 4.72. The molecule has 2 aliphatic rings. The molecule has 0 saturated carbocycles. The van der Waals surface area contributed by atoms with Crippen molar-refractivity contribution in [2.75, 3.05) is 25.0 Å². The summed E-state index contributed by atoms with van der Waals surface area (Å²) in [6.07, 6.45) is 6.05. The van der Waals surface area contributed by atoms with Gasteiger partial charge in [0.05, 0.1) is 11.9 Å². The van der Waals surface area contributed by atoms with Crippen LogP contribution in [-0.4, -0.2) is 42.1 Å². The second-order valence-electron chi connectivity index (χ2n) is 5.12. The highest BCUT2D eigenvalue weighted by molar-refractivity contribution is 14.1. The van der Waals surface area contributed by atoms with Crippen molar-refractivity contribution >= 4 is 28.3 Å². The van der Waals surface area contributed by atoms with Gasteiger partial charge in [0.1, 0.15) is 3.70 Å². The molecule has 2 fully saturated rings. The van der Waals surface area contributed by atoms with Crippen LogP contribution in [0.1, 0.15) is 19.3 Å². The summed E-state index contributed by atoms with van der Waals surface area (Å²) in [4.78, 5) is 9.48. The molecule has 2 atom stereocenters. The number of hydrogen-bond acceptors (Lipinski definition) is 3. The van der Waals surface area contributed by atoms with Gasteiger partial charge >= 0.3 is 0 Å². The lowest BCUT2D eigenvalue weighted by atomic mass is 10.1. The van der Waals surface area contributed by atoms with E-state index in [1.807, 2.05) is 6.20 Å². The summed E-state index contributed by atoms with van der Waals surface area (Å²) in [5.74, 6) is 0. The summed E-state index contributed by atoms with van der Waals surface area (Å²) in [5.41, 5.74) is 1.28. The lowest BCUT2D eigenvalue weighted by Gasteiger charge is -2.27. The maximum Gasteiger partial charge on any atom is 0.101 e. The van der Waals surface area contributed by atoms with Gasteiger partial charge in [-0.25, -0.2) is 4.98 Å². The number of pyridine rings is 1. The van der Waals surface area contributed by atoms with E-state index in [4.69, 9.17) is 0 Å². The smallest absolute Gasteiger partial charge is 0.101 e. The fraction of sp³-hybridized carbons (Fsp3) is 0.615. The van der Waals surface area contributed by atoms with Crippen LogP contribution in [0, 0.1) is 3.70 Å². The fourth-order valence-electron chi connectivity index (χ4n) is 3.10. The molecule has 0 aromatic carbocycles. The number of aromatic nitrogens is 1. The molecular weight excluding hydrogens is 325 g/mol. The summed E-state index contributed by atoms with van der Waals surface area (Å²) in [6, 6.07) is 5.85. The average Bonchev–Trinajstić information content (AvgIpc) is 2.55. The van der Waals surface area contributed by atoms with Crippen molar-refractivity contribution in [3.8, 4) is 0 Å². The van der Waals surface area contributed by atoms with Crippen LogP contribution in [0.2, 0.25) is 0 Å². The fourth-order valence-corrected chi connectivity index (χ4v) is 3.42. The molecule has 0 N–H and O–H groups in total. The molecule has 0 aliphatic carbocycles. The van der Waals surface area contributed by atoms with Crippen LogP contribution in [0.4, 0.5) is 5.69 Å². The third-order valence-corrected chi connectivity index (χ3v) is 4.86. The number of nitrogens with zero attached hydrogens (tertiary/aromatic N) is 3. The molecule has 0 spiro atoms. The van der Waals surface area contributed by atoms with Gasteiger partial charge in [-0.2, -0.15) is 0 Å². The Hall–Kier alpha value is -0.360. The standard InChI is InChI=1S/C13H18IN3/c1-16-10-2-3-12(16)9-17(7-6-10)11-4-5-13(14)15-8-11/h4-5,8,10,12H,2-3,6-7,9H2,1H3. The van der Waals surface area contributed by atoms with E-state index in [0.29, 0.717) is 0 Å². The molecule has 0 amide bonds. The Bertz CT molecular complexity index is 392. The highest BCUT2D eigenvalue weighted by Gasteiger charge is 2.34. The summed E-state index contributed by atoms with van der Waals surface area (Å²) in [5, 5.41) is 0. The third-order valence-electron chi connectivity index (χ3n) is 4.23. The molecule has 92 valence electrons. The summed E-state index contributed by atoms with van der Waals surface area (Å²) in [7, 11) is 2.29. The molecule has 4 heteroatoms. The van der Waals surface area contributed by atoms with E-state index in [1.165, 1.54) is 31.5 Å². The summed E-state index contributed by atoms with van der Waals surface area (Å²) < 4.78 is 1.07. The van der Waals surface area contributed by atoms with E-state index in [-0.39, 0.29) is 0 Å². The van der Waals surface area contributed by atoms with Crippen molar-refractivity contribution in [2.24, 2.45) is 0 Å². The van der Waals surface area contributed by atoms with Crippen molar-refractivity contribution in [3.63, 3.8) is 0 Å². The van der Waals surface area contributed by atoms with E-state index in [0.717, 1.165) is 22.3 Å². The quantitative estimate of drug-likeness (QED) is 0.577. The van der Waals surface area contributed by atoms with Gasteiger partial charge in [-0.05, 0) is 61.0 Å². The highest BCUT2D eigenvalue weighted by atomic mass is 127. The van der Waals surface area contributed by atoms with Gasteiger partial charge in [-0.15, -0.1) is 0 Å². The zero-order valence-electron chi connectivity index (χ0n) is 10.1. The van der Waals surface area contributed by atoms with Gasteiger partial charge in [-0.3, -0.25) is 4.90 Å². The molecular formula is C13H18IN3. The van der Waals surface area contributed by atoms with Crippen LogP contribution in [-0.2, 0) is 0 Å². The predicted molar refractivity (Wildman–Crippen MR) is 78.4 cm³/mol. The first kappa shape index (κ1) is 11.7. The van der Waals surface area contributed by atoms with Gasteiger partial charge in [0.2, 0.25) is 0 Å². The topological polar surface area (TPSA) is 19.4 Å². The van der Waals surface area contributed by atoms with Crippen LogP contribution < -0.4 is 4.90 Å². The summed E-state index contributed by atoms with van der Waals surface area (Å²) in [6.45, 7) is 2.34. The Labute approximate surface area is 116 Å². The van der Waals surface area contributed by atoms with Crippen molar-refractivity contribution < 1.29 is 0 Å². The zero-order valence-corrected chi connectivity index (χ0v) is 12.3. The molecule has 3 heterocycles. The van der Waals surface area contributed by atoms with Gasteiger partial charge in [0, 0.05) is 25.2 Å².